The number of aryl methyl sites for hydroxylation is 2. The molecule has 0 spiro atoms. The van der Waals surface area contributed by atoms with Gasteiger partial charge in [0.15, 0.2) is 0 Å². The Morgan fingerprint density at radius 2 is 1.43 bits per heavy atom. The molecule has 2 N–H and O–H groups in total. The third-order valence-corrected chi connectivity index (χ3v) is 3.68. The third-order valence-electron chi connectivity index (χ3n) is 3.68. The smallest absolute Gasteiger partial charge is 0.398 e. The predicted octanol–water partition coefficient (Wildman–Crippen LogP) is 3.95. The van der Waals surface area contributed by atoms with Crippen molar-refractivity contribution in [3.8, 4) is 0 Å². The SMILES string of the molecule is Cc1cc(C(n2cccn2)(C(F)(F)F)C(F)(F)F)cc(C)c1N. The Kier molecular flexibility index (Phi) is 3.86. The van der Waals surface area contributed by atoms with Crippen LogP contribution in [0.2, 0.25) is 0 Å². The van der Waals surface area contributed by atoms with Gasteiger partial charge in [-0.1, -0.05) is 12.1 Å². The summed E-state index contributed by atoms with van der Waals surface area (Å²) < 4.78 is 81.9. The van der Waals surface area contributed by atoms with Crippen molar-refractivity contribution >= 4 is 5.69 Å². The van der Waals surface area contributed by atoms with Crippen molar-refractivity contribution in [2.24, 2.45) is 0 Å². The Labute approximate surface area is 127 Å². The summed E-state index contributed by atoms with van der Waals surface area (Å²) in [6.45, 7) is 2.71. The van der Waals surface area contributed by atoms with Crippen molar-refractivity contribution in [3.05, 3.63) is 47.3 Å². The molecule has 1 aromatic heterocycles. The second-order valence-electron chi connectivity index (χ2n) is 5.18. The van der Waals surface area contributed by atoms with Crippen molar-refractivity contribution in [1.29, 1.82) is 0 Å². The fourth-order valence-corrected chi connectivity index (χ4v) is 2.53. The van der Waals surface area contributed by atoms with Gasteiger partial charge in [0.2, 0.25) is 0 Å². The van der Waals surface area contributed by atoms with Gasteiger partial charge in [-0.05, 0) is 36.6 Å². The van der Waals surface area contributed by atoms with Gasteiger partial charge in [0.25, 0.3) is 5.54 Å². The summed E-state index contributed by atoms with van der Waals surface area (Å²) in [6, 6.07) is 2.60. The van der Waals surface area contributed by atoms with Crippen LogP contribution in [-0.2, 0) is 5.54 Å². The Bertz CT molecular complexity index is 663. The molecule has 0 saturated carbocycles. The predicted molar refractivity (Wildman–Crippen MR) is 71.7 cm³/mol. The van der Waals surface area contributed by atoms with E-state index in [9.17, 15) is 26.3 Å². The fourth-order valence-electron chi connectivity index (χ4n) is 2.53. The van der Waals surface area contributed by atoms with Gasteiger partial charge < -0.3 is 5.73 Å². The number of aromatic nitrogens is 2. The minimum Gasteiger partial charge on any atom is -0.398 e. The van der Waals surface area contributed by atoms with Gasteiger partial charge in [-0.25, -0.2) is 4.68 Å². The number of rotatable bonds is 2. The van der Waals surface area contributed by atoms with Gasteiger partial charge in [-0.2, -0.15) is 31.4 Å². The van der Waals surface area contributed by atoms with Crippen LogP contribution in [0.25, 0.3) is 0 Å². The maximum atomic E-state index is 13.7. The molecule has 0 fully saturated rings. The average molecular weight is 337 g/mol. The zero-order valence-electron chi connectivity index (χ0n) is 12.1. The van der Waals surface area contributed by atoms with E-state index in [0.29, 0.717) is 6.20 Å². The molecule has 0 unspecified atom stereocenters. The number of halogens is 6. The molecule has 0 radical (unpaired) electrons. The first-order valence-corrected chi connectivity index (χ1v) is 6.43. The highest BCUT2D eigenvalue weighted by molar-refractivity contribution is 5.56. The first-order valence-electron chi connectivity index (χ1n) is 6.43. The lowest BCUT2D eigenvalue weighted by Crippen LogP contribution is -2.59. The van der Waals surface area contributed by atoms with Crippen molar-refractivity contribution in [1.82, 2.24) is 9.78 Å². The highest BCUT2D eigenvalue weighted by Gasteiger charge is 2.74. The summed E-state index contributed by atoms with van der Waals surface area (Å²) in [5.41, 5.74) is 0.785. The molecule has 1 aromatic carbocycles. The molecule has 1 heterocycles. The van der Waals surface area contributed by atoms with Crippen LogP contribution in [0.4, 0.5) is 32.0 Å². The summed E-state index contributed by atoms with van der Waals surface area (Å²) in [7, 11) is 0. The van der Waals surface area contributed by atoms with Gasteiger partial charge >= 0.3 is 12.4 Å². The highest BCUT2D eigenvalue weighted by Crippen LogP contribution is 2.53. The van der Waals surface area contributed by atoms with Gasteiger partial charge in [0.1, 0.15) is 0 Å². The van der Waals surface area contributed by atoms with Crippen LogP contribution in [-0.4, -0.2) is 22.1 Å². The van der Waals surface area contributed by atoms with Crippen LogP contribution in [0.15, 0.2) is 30.6 Å². The van der Waals surface area contributed by atoms with E-state index in [1.54, 1.807) is 0 Å². The topological polar surface area (TPSA) is 43.8 Å². The molecule has 0 atom stereocenters. The Balaban J connectivity index is 2.94. The van der Waals surface area contributed by atoms with E-state index in [1.165, 1.54) is 13.8 Å². The van der Waals surface area contributed by atoms with Crippen LogP contribution in [0, 0.1) is 13.8 Å². The first kappa shape index (κ1) is 17.2. The standard InChI is InChI=1S/C14H13F6N3/c1-8-6-10(7-9(2)11(8)21)12(13(15,16)17,14(18,19)20)23-5-3-4-22-23/h3-7H,21H2,1-2H3. The summed E-state index contributed by atoms with van der Waals surface area (Å²) in [5, 5.41) is 3.23. The van der Waals surface area contributed by atoms with E-state index < -0.39 is 23.5 Å². The van der Waals surface area contributed by atoms with Gasteiger partial charge in [0.05, 0.1) is 0 Å². The normalized spacial score (nSPS) is 13.4. The number of benzene rings is 1. The number of alkyl halides is 6. The molecule has 0 aliphatic heterocycles. The summed E-state index contributed by atoms with van der Waals surface area (Å²) in [5.74, 6) is 0. The van der Waals surface area contributed by atoms with Gasteiger partial charge in [-0.15, -0.1) is 0 Å². The third kappa shape index (κ3) is 2.43. The van der Waals surface area contributed by atoms with Crippen molar-refractivity contribution < 1.29 is 26.3 Å². The maximum absolute atomic E-state index is 13.7. The summed E-state index contributed by atoms with van der Waals surface area (Å²) >= 11 is 0. The fraction of sp³-hybridized carbons (Fsp3) is 0.357. The summed E-state index contributed by atoms with van der Waals surface area (Å²) in [4.78, 5) is 0. The lowest BCUT2D eigenvalue weighted by molar-refractivity contribution is -0.316. The number of hydrogen-bond donors (Lipinski definition) is 1. The quantitative estimate of drug-likeness (QED) is 0.666. The molecule has 9 heteroatoms. The largest absolute Gasteiger partial charge is 0.426 e. The monoisotopic (exact) mass is 337 g/mol. The molecule has 2 rings (SSSR count). The summed E-state index contributed by atoms with van der Waals surface area (Å²) in [6.07, 6.45) is -9.82. The van der Waals surface area contributed by atoms with Crippen LogP contribution in [0.3, 0.4) is 0 Å². The minimum absolute atomic E-state index is 0.114. The van der Waals surface area contributed by atoms with Crippen LogP contribution in [0.1, 0.15) is 16.7 Å². The molecule has 126 valence electrons. The number of nitrogen functional groups attached to an aromatic ring is 1. The number of anilines is 1. The van der Waals surface area contributed by atoms with E-state index in [-0.39, 0.29) is 21.5 Å². The zero-order chi connectivity index (χ0) is 17.6. The zero-order valence-corrected chi connectivity index (χ0v) is 12.1. The lowest BCUT2D eigenvalue weighted by atomic mass is 9.85. The Hall–Kier alpha value is -2.19. The molecule has 0 saturated heterocycles. The molecule has 2 aromatic rings. The number of hydrogen-bond acceptors (Lipinski definition) is 2. The molecular weight excluding hydrogens is 324 g/mol. The average Bonchev–Trinajstić information content (AvgIpc) is 2.87. The molecule has 0 bridgehead atoms. The second kappa shape index (κ2) is 5.17. The number of nitrogens with two attached hydrogens (primary N) is 1. The lowest BCUT2D eigenvalue weighted by Gasteiger charge is -2.38. The van der Waals surface area contributed by atoms with Crippen LogP contribution >= 0.6 is 0 Å². The first-order chi connectivity index (χ1) is 10.4. The van der Waals surface area contributed by atoms with E-state index in [1.807, 2.05) is 0 Å². The molecular formula is C14H13F6N3. The van der Waals surface area contributed by atoms with E-state index in [0.717, 1.165) is 24.4 Å². The van der Waals surface area contributed by atoms with Crippen molar-refractivity contribution in [2.45, 2.75) is 31.7 Å². The number of nitrogens with zero attached hydrogens (tertiary/aromatic N) is 2. The Morgan fingerprint density at radius 1 is 0.957 bits per heavy atom. The van der Waals surface area contributed by atoms with E-state index in [4.69, 9.17) is 5.73 Å². The van der Waals surface area contributed by atoms with Gasteiger partial charge in [-0.3, -0.25) is 0 Å². The molecule has 0 aliphatic rings. The molecule has 0 aliphatic carbocycles. The van der Waals surface area contributed by atoms with E-state index >= 15 is 0 Å². The van der Waals surface area contributed by atoms with E-state index in [2.05, 4.69) is 5.10 Å². The van der Waals surface area contributed by atoms with Crippen molar-refractivity contribution in [3.63, 3.8) is 0 Å². The molecule has 0 amide bonds. The minimum atomic E-state index is -5.66. The molecule has 3 nitrogen and oxygen atoms in total. The maximum Gasteiger partial charge on any atom is 0.426 e. The van der Waals surface area contributed by atoms with Gasteiger partial charge in [0, 0.05) is 18.1 Å². The van der Waals surface area contributed by atoms with Crippen LogP contribution in [0.5, 0.6) is 0 Å². The highest BCUT2D eigenvalue weighted by atomic mass is 19.4. The Morgan fingerprint density at radius 3 is 1.78 bits per heavy atom. The van der Waals surface area contributed by atoms with Crippen molar-refractivity contribution in [2.75, 3.05) is 5.73 Å². The molecule has 23 heavy (non-hydrogen) atoms. The second-order valence-corrected chi connectivity index (χ2v) is 5.18. The van der Waals surface area contributed by atoms with Crippen LogP contribution < -0.4 is 5.73 Å².